The normalized spacial score (nSPS) is 37.7. The van der Waals surface area contributed by atoms with Crippen molar-refractivity contribution in [1.29, 1.82) is 0 Å². The summed E-state index contributed by atoms with van der Waals surface area (Å²) in [5.41, 5.74) is 1.16. The van der Waals surface area contributed by atoms with Gasteiger partial charge < -0.3 is 0 Å². The fraction of sp³-hybridized carbons (Fsp3) is 0.667. The summed E-state index contributed by atoms with van der Waals surface area (Å²) in [7, 11) is 0. The molecule has 2 nitrogen and oxygen atoms in total. The Morgan fingerprint density at radius 3 is 2.64 bits per heavy atom. The number of nitrogens with one attached hydrogen (secondary N) is 1. The molecule has 0 aliphatic heterocycles. The van der Waals surface area contributed by atoms with Crippen LogP contribution in [0.5, 0.6) is 0 Å². The van der Waals surface area contributed by atoms with Crippen molar-refractivity contribution in [2.45, 2.75) is 102 Å². The molecule has 0 saturated heterocycles. The second-order valence-electron chi connectivity index (χ2n) is 13.2. The molecule has 0 bridgehead atoms. The predicted molar refractivity (Wildman–Crippen MR) is 152 cm³/mol. The highest BCUT2D eigenvalue weighted by atomic mass is 32.2. The predicted octanol–water partition coefficient (Wildman–Crippen LogP) is 9.18. The molecule has 2 aromatic rings. The van der Waals surface area contributed by atoms with E-state index in [4.69, 9.17) is 0 Å². The average molecular weight is 504 g/mol. The van der Waals surface area contributed by atoms with Crippen LogP contribution in [0.2, 0.25) is 0 Å². The van der Waals surface area contributed by atoms with Gasteiger partial charge in [0.05, 0.1) is 0 Å². The summed E-state index contributed by atoms with van der Waals surface area (Å²) in [6.45, 7) is 5.34. The lowest BCUT2D eigenvalue weighted by atomic mass is 9.45. The van der Waals surface area contributed by atoms with Crippen LogP contribution in [-0.2, 0) is 4.79 Å². The van der Waals surface area contributed by atoms with E-state index >= 15 is 0 Å². The van der Waals surface area contributed by atoms with Crippen LogP contribution in [0, 0.1) is 40.4 Å². The van der Waals surface area contributed by atoms with Gasteiger partial charge in [-0.2, -0.15) is 0 Å². The molecule has 0 heterocycles. The first-order chi connectivity index (χ1) is 17.5. The van der Waals surface area contributed by atoms with Gasteiger partial charge in [0, 0.05) is 11.3 Å². The van der Waals surface area contributed by atoms with E-state index in [0.29, 0.717) is 17.3 Å². The number of hydrogen-bond donors (Lipinski definition) is 1. The molecule has 4 fully saturated rings. The van der Waals surface area contributed by atoms with E-state index in [0.717, 1.165) is 40.9 Å². The monoisotopic (exact) mass is 503 g/mol. The lowest BCUT2D eigenvalue weighted by Gasteiger charge is -2.60. The van der Waals surface area contributed by atoms with Gasteiger partial charge in [0.25, 0.3) is 0 Å². The topological polar surface area (TPSA) is 29.1 Å². The minimum atomic E-state index is 0.180. The van der Waals surface area contributed by atoms with Gasteiger partial charge in [-0.15, -0.1) is 0 Å². The van der Waals surface area contributed by atoms with Gasteiger partial charge in [-0.05, 0) is 133 Å². The largest absolute Gasteiger partial charge is 0.296 e. The van der Waals surface area contributed by atoms with E-state index in [1.165, 1.54) is 93.3 Å². The zero-order chi connectivity index (χ0) is 24.8. The van der Waals surface area contributed by atoms with Gasteiger partial charge in [0.2, 0.25) is 5.91 Å². The summed E-state index contributed by atoms with van der Waals surface area (Å²) in [6, 6.07) is 14.7. The number of fused-ring (bicyclic) bond motifs is 6. The van der Waals surface area contributed by atoms with E-state index in [1.807, 2.05) is 0 Å². The third-order valence-corrected chi connectivity index (χ3v) is 12.7. The maximum Gasteiger partial charge on any atom is 0.230 e. The van der Waals surface area contributed by atoms with Crippen molar-refractivity contribution in [1.82, 2.24) is 4.72 Å². The number of carbonyl (C=O) groups excluding carboxylic acids is 1. The van der Waals surface area contributed by atoms with Crippen molar-refractivity contribution in [3.05, 3.63) is 42.5 Å². The van der Waals surface area contributed by atoms with Crippen LogP contribution >= 0.6 is 11.9 Å². The smallest absolute Gasteiger partial charge is 0.230 e. The van der Waals surface area contributed by atoms with Gasteiger partial charge >= 0.3 is 0 Å². The minimum Gasteiger partial charge on any atom is -0.296 e. The number of amides is 1. The molecule has 36 heavy (non-hydrogen) atoms. The molecule has 7 unspecified atom stereocenters. The molecule has 3 heteroatoms. The van der Waals surface area contributed by atoms with Crippen LogP contribution in [0.1, 0.15) is 97.3 Å². The first-order valence-electron chi connectivity index (χ1n) is 14.9. The van der Waals surface area contributed by atoms with E-state index in [-0.39, 0.29) is 5.91 Å². The molecular weight excluding hydrogens is 458 g/mol. The van der Waals surface area contributed by atoms with E-state index in [2.05, 4.69) is 61.0 Å². The minimum absolute atomic E-state index is 0.180. The highest BCUT2D eigenvalue weighted by molar-refractivity contribution is 7.98. The summed E-state index contributed by atoms with van der Waals surface area (Å²) >= 11 is 1.48. The molecule has 4 aliphatic rings. The molecule has 194 valence electrons. The van der Waals surface area contributed by atoms with Crippen molar-refractivity contribution >= 4 is 28.6 Å². The summed E-state index contributed by atoms with van der Waals surface area (Å²) in [4.78, 5) is 13.8. The Morgan fingerprint density at radius 2 is 1.72 bits per heavy atom. The molecule has 4 aliphatic carbocycles. The second-order valence-corrected chi connectivity index (χ2v) is 14.1. The lowest BCUT2D eigenvalue weighted by molar-refractivity contribution is -0.119. The number of hydrogen-bond acceptors (Lipinski definition) is 2. The van der Waals surface area contributed by atoms with E-state index in [1.54, 1.807) is 0 Å². The molecule has 1 amide bonds. The summed E-state index contributed by atoms with van der Waals surface area (Å²) in [5, 5.41) is 2.43. The zero-order valence-corrected chi connectivity index (χ0v) is 23.3. The Bertz CT molecular complexity index is 1090. The third-order valence-electron chi connectivity index (χ3n) is 11.8. The van der Waals surface area contributed by atoms with Crippen molar-refractivity contribution in [2.24, 2.45) is 40.4 Å². The SMILES string of the molecule is CC12CCCCC1CCC1C2CCC2(C)C(CCCC(=O)NSc3cccc4ccccc34)CCC12. The molecule has 1 N–H and O–H groups in total. The highest BCUT2D eigenvalue weighted by Gasteiger charge is 2.59. The van der Waals surface area contributed by atoms with Crippen molar-refractivity contribution in [2.75, 3.05) is 0 Å². The van der Waals surface area contributed by atoms with Gasteiger partial charge in [0.1, 0.15) is 0 Å². The van der Waals surface area contributed by atoms with Crippen LogP contribution in [0.3, 0.4) is 0 Å². The Hall–Kier alpha value is -1.48. The van der Waals surface area contributed by atoms with Gasteiger partial charge in [0.15, 0.2) is 0 Å². The second kappa shape index (κ2) is 10.0. The summed E-state index contributed by atoms with van der Waals surface area (Å²) in [5.74, 6) is 4.92. The van der Waals surface area contributed by atoms with E-state index in [9.17, 15) is 4.79 Å². The van der Waals surface area contributed by atoms with Crippen LogP contribution in [-0.4, -0.2) is 5.91 Å². The first-order valence-corrected chi connectivity index (χ1v) is 15.7. The molecule has 4 saturated carbocycles. The number of rotatable bonds is 6. The standard InChI is InChI=1S/C33H45NOS/c1-32-21-6-5-11-24(32)16-18-27-28-19-17-25(33(28,2)22-20-29(27)32)12-8-15-31(35)34-36-30-14-7-10-23-9-3-4-13-26(23)30/h3-4,7,9-10,13-14,24-25,27-29H,5-6,8,11-12,15-22H2,1-2H3,(H,34,35). The summed E-state index contributed by atoms with van der Waals surface area (Å²) in [6.07, 6.45) is 17.6. The zero-order valence-electron chi connectivity index (χ0n) is 22.4. The van der Waals surface area contributed by atoms with Gasteiger partial charge in [-0.1, -0.05) is 63.1 Å². The lowest BCUT2D eigenvalue weighted by Crippen LogP contribution is -2.52. The molecular formula is C33H45NOS. The number of benzene rings is 2. The van der Waals surface area contributed by atoms with Crippen LogP contribution in [0.4, 0.5) is 0 Å². The van der Waals surface area contributed by atoms with Crippen LogP contribution in [0.25, 0.3) is 10.8 Å². The fourth-order valence-corrected chi connectivity index (χ4v) is 10.6. The maximum atomic E-state index is 12.7. The third kappa shape index (κ3) is 4.32. The average Bonchev–Trinajstić information content (AvgIpc) is 3.23. The molecule has 2 aromatic carbocycles. The van der Waals surface area contributed by atoms with Crippen molar-refractivity contribution in [3.63, 3.8) is 0 Å². The van der Waals surface area contributed by atoms with Crippen molar-refractivity contribution < 1.29 is 4.79 Å². The first kappa shape index (κ1) is 24.8. The fourth-order valence-electron chi connectivity index (χ4n) is 9.83. The highest BCUT2D eigenvalue weighted by Crippen LogP contribution is 2.67. The Kier molecular flexibility index (Phi) is 6.90. The quantitative estimate of drug-likeness (QED) is 0.398. The molecule has 6 rings (SSSR count). The van der Waals surface area contributed by atoms with Crippen LogP contribution in [0.15, 0.2) is 47.4 Å². The van der Waals surface area contributed by atoms with E-state index < -0.39 is 0 Å². The molecule has 7 atom stereocenters. The number of carbonyl (C=O) groups is 1. The maximum absolute atomic E-state index is 12.7. The Labute approximate surface area is 222 Å². The van der Waals surface area contributed by atoms with Crippen molar-refractivity contribution in [3.8, 4) is 0 Å². The Balaban J connectivity index is 1.02. The molecule has 0 spiro atoms. The van der Waals surface area contributed by atoms with Gasteiger partial charge in [-0.25, -0.2) is 0 Å². The van der Waals surface area contributed by atoms with Crippen LogP contribution < -0.4 is 4.72 Å². The summed E-state index contributed by atoms with van der Waals surface area (Å²) < 4.78 is 3.13. The Morgan fingerprint density at radius 1 is 0.889 bits per heavy atom. The molecule has 0 aromatic heterocycles. The molecule has 0 radical (unpaired) electrons. The van der Waals surface area contributed by atoms with Gasteiger partial charge in [-0.3, -0.25) is 9.52 Å².